The molecule has 0 bridgehead atoms. The molecule has 0 fully saturated rings. The summed E-state index contributed by atoms with van der Waals surface area (Å²) >= 11 is 2.85. The van der Waals surface area contributed by atoms with E-state index < -0.39 is 0 Å². The monoisotopic (exact) mass is 386 g/mol. The van der Waals surface area contributed by atoms with E-state index in [0.29, 0.717) is 28.0 Å². The number of ether oxygens (including phenoxy) is 1. The third-order valence-corrected chi connectivity index (χ3v) is 5.63. The summed E-state index contributed by atoms with van der Waals surface area (Å²) in [5, 5.41) is 7.14. The van der Waals surface area contributed by atoms with Crippen LogP contribution in [0, 0.1) is 0 Å². The summed E-state index contributed by atoms with van der Waals surface area (Å²) in [6, 6.07) is 9.19. The van der Waals surface area contributed by atoms with Crippen LogP contribution in [0.4, 0.5) is 0 Å². The van der Waals surface area contributed by atoms with Crippen LogP contribution in [-0.4, -0.2) is 26.8 Å². The van der Waals surface area contributed by atoms with E-state index in [-0.39, 0.29) is 5.56 Å². The lowest BCUT2D eigenvalue weighted by Gasteiger charge is -2.05. The second kappa shape index (κ2) is 6.93. The van der Waals surface area contributed by atoms with Crippen LogP contribution in [-0.2, 0) is 12.8 Å². The predicted octanol–water partition coefficient (Wildman–Crippen LogP) is 3.35. The fourth-order valence-corrected chi connectivity index (χ4v) is 4.02. The van der Waals surface area contributed by atoms with Crippen LogP contribution < -0.4 is 10.3 Å². The Kier molecular flexibility index (Phi) is 4.48. The van der Waals surface area contributed by atoms with Gasteiger partial charge in [-0.15, -0.1) is 11.3 Å². The molecule has 3 aromatic heterocycles. The Hall–Kier alpha value is -2.65. The topological polar surface area (TPSA) is 83.0 Å². The molecule has 0 aliphatic heterocycles. The Morgan fingerprint density at radius 1 is 1.23 bits per heavy atom. The smallest absolute Gasteiger partial charge is 0.262 e. The van der Waals surface area contributed by atoms with Crippen molar-refractivity contribution in [3.05, 3.63) is 51.9 Å². The molecule has 0 atom stereocenters. The van der Waals surface area contributed by atoms with Crippen molar-refractivity contribution in [1.82, 2.24) is 19.7 Å². The third kappa shape index (κ3) is 3.11. The molecule has 0 radical (unpaired) electrons. The van der Waals surface area contributed by atoms with Crippen molar-refractivity contribution in [2.75, 3.05) is 7.11 Å². The first-order valence-electron chi connectivity index (χ1n) is 7.70. The highest BCUT2D eigenvalue weighted by molar-refractivity contribution is 7.98. The first kappa shape index (κ1) is 16.8. The molecule has 3 heterocycles. The molecule has 0 N–H and O–H groups in total. The maximum absolute atomic E-state index is 12.3. The summed E-state index contributed by atoms with van der Waals surface area (Å²) in [6.45, 7) is 0. The van der Waals surface area contributed by atoms with Gasteiger partial charge in [0.15, 0.2) is 11.0 Å². The van der Waals surface area contributed by atoms with Crippen molar-refractivity contribution in [2.45, 2.75) is 10.9 Å². The maximum Gasteiger partial charge on any atom is 0.262 e. The summed E-state index contributed by atoms with van der Waals surface area (Å²) < 4.78 is 12.0. The molecule has 0 aliphatic rings. The van der Waals surface area contributed by atoms with Gasteiger partial charge >= 0.3 is 0 Å². The van der Waals surface area contributed by atoms with Crippen molar-refractivity contribution in [1.29, 1.82) is 0 Å². The Bertz CT molecular complexity index is 1120. The van der Waals surface area contributed by atoms with Crippen LogP contribution in [0.1, 0.15) is 5.82 Å². The van der Waals surface area contributed by atoms with Gasteiger partial charge < -0.3 is 9.26 Å². The van der Waals surface area contributed by atoms with Crippen molar-refractivity contribution in [3.63, 3.8) is 0 Å². The minimum Gasteiger partial charge on any atom is -0.497 e. The zero-order chi connectivity index (χ0) is 18.1. The highest BCUT2D eigenvalue weighted by atomic mass is 32.2. The lowest BCUT2D eigenvalue weighted by molar-refractivity contribution is 0.414. The van der Waals surface area contributed by atoms with E-state index in [1.807, 2.05) is 29.6 Å². The predicted molar refractivity (Wildman–Crippen MR) is 101 cm³/mol. The fourth-order valence-electron chi connectivity index (χ4n) is 2.40. The third-order valence-electron chi connectivity index (χ3n) is 3.80. The molecule has 4 aromatic rings. The molecule has 0 saturated heterocycles. The lowest BCUT2D eigenvalue weighted by Crippen LogP contribution is -2.19. The van der Waals surface area contributed by atoms with Crippen LogP contribution in [0.25, 0.3) is 21.7 Å². The average molecular weight is 386 g/mol. The molecule has 9 heteroatoms. The molecule has 132 valence electrons. The number of hydrogen-bond donors (Lipinski definition) is 0. The van der Waals surface area contributed by atoms with Gasteiger partial charge in [-0.05, 0) is 35.7 Å². The normalized spacial score (nSPS) is 11.2. The second-order valence-corrected chi connectivity index (χ2v) is 7.27. The highest BCUT2D eigenvalue weighted by Crippen LogP contribution is 2.25. The molecule has 0 amide bonds. The molecule has 1 aromatic carbocycles. The number of fused-ring (bicyclic) bond motifs is 1. The Balaban J connectivity index is 1.53. The van der Waals surface area contributed by atoms with Gasteiger partial charge in [0.05, 0.1) is 18.2 Å². The Labute approximate surface area is 156 Å². The Morgan fingerprint density at radius 2 is 2.04 bits per heavy atom. The van der Waals surface area contributed by atoms with Crippen molar-refractivity contribution < 1.29 is 9.26 Å². The van der Waals surface area contributed by atoms with E-state index in [9.17, 15) is 4.79 Å². The van der Waals surface area contributed by atoms with E-state index in [1.165, 1.54) is 23.1 Å². The van der Waals surface area contributed by atoms with Gasteiger partial charge in [0.1, 0.15) is 10.6 Å². The van der Waals surface area contributed by atoms with Crippen LogP contribution in [0.15, 0.2) is 50.2 Å². The Morgan fingerprint density at radius 3 is 2.81 bits per heavy atom. The highest BCUT2D eigenvalue weighted by Gasteiger charge is 2.13. The SMILES string of the molecule is COc1ccc(-c2nc(CSc3nc4sccc4c(=O)n3C)no2)cc1. The van der Waals surface area contributed by atoms with Gasteiger partial charge in [-0.2, -0.15) is 4.98 Å². The number of hydrogen-bond acceptors (Lipinski definition) is 8. The summed E-state index contributed by atoms with van der Waals surface area (Å²) in [4.78, 5) is 22.0. The first-order valence-corrected chi connectivity index (χ1v) is 9.56. The van der Waals surface area contributed by atoms with E-state index in [4.69, 9.17) is 9.26 Å². The number of thioether (sulfide) groups is 1. The van der Waals surface area contributed by atoms with Crippen molar-refractivity contribution >= 4 is 33.3 Å². The van der Waals surface area contributed by atoms with Gasteiger partial charge in [0.25, 0.3) is 11.4 Å². The molecule has 0 aliphatic carbocycles. The van der Waals surface area contributed by atoms with Gasteiger partial charge in [0.2, 0.25) is 0 Å². The summed E-state index contributed by atoms with van der Waals surface area (Å²) in [7, 11) is 3.33. The van der Waals surface area contributed by atoms with Crippen LogP contribution in [0.5, 0.6) is 5.75 Å². The zero-order valence-corrected chi connectivity index (χ0v) is 15.6. The van der Waals surface area contributed by atoms with Crippen LogP contribution >= 0.6 is 23.1 Å². The molecule has 0 unspecified atom stereocenters. The number of nitrogens with zero attached hydrogens (tertiary/aromatic N) is 4. The molecule has 0 spiro atoms. The summed E-state index contributed by atoms with van der Waals surface area (Å²) in [5.41, 5.74) is 0.769. The van der Waals surface area contributed by atoms with Gasteiger partial charge in [-0.1, -0.05) is 16.9 Å². The van der Waals surface area contributed by atoms with Crippen molar-refractivity contribution in [3.8, 4) is 17.2 Å². The quantitative estimate of drug-likeness (QED) is 0.384. The first-order chi connectivity index (χ1) is 12.7. The van der Waals surface area contributed by atoms with Crippen LogP contribution in [0.2, 0.25) is 0 Å². The molecule has 4 rings (SSSR count). The maximum atomic E-state index is 12.3. The number of aromatic nitrogens is 4. The van der Waals surface area contributed by atoms with E-state index in [2.05, 4.69) is 15.1 Å². The number of rotatable bonds is 5. The minimum absolute atomic E-state index is 0.0502. The lowest BCUT2D eigenvalue weighted by atomic mass is 10.2. The summed E-state index contributed by atoms with van der Waals surface area (Å²) in [5.74, 6) is 2.21. The molecule has 7 nitrogen and oxygen atoms in total. The largest absolute Gasteiger partial charge is 0.497 e. The molecule has 26 heavy (non-hydrogen) atoms. The van der Waals surface area contributed by atoms with E-state index in [0.717, 1.165) is 16.1 Å². The zero-order valence-electron chi connectivity index (χ0n) is 14.0. The van der Waals surface area contributed by atoms with Gasteiger partial charge in [0, 0.05) is 12.6 Å². The standard InChI is InChI=1S/C17H14N4O3S2/c1-21-16(22)12-7-8-25-15(12)19-17(21)26-9-13-18-14(24-20-13)10-3-5-11(23-2)6-4-10/h3-8H,9H2,1-2H3. The van der Waals surface area contributed by atoms with E-state index in [1.54, 1.807) is 24.8 Å². The number of thiophene rings is 1. The minimum atomic E-state index is -0.0502. The van der Waals surface area contributed by atoms with E-state index >= 15 is 0 Å². The average Bonchev–Trinajstić information content (AvgIpc) is 3.33. The fraction of sp³-hybridized carbons (Fsp3) is 0.176. The molecular formula is C17H14N4O3S2. The molecule has 0 saturated carbocycles. The van der Waals surface area contributed by atoms with Gasteiger partial charge in [-0.25, -0.2) is 4.98 Å². The van der Waals surface area contributed by atoms with Crippen molar-refractivity contribution in [2.24, 2.45) is 7.05 Å². The molecular weight excluding hydrogens is 372 g/mol. The number of benzene rings is 1. The number of methoxy groups -OCH3 is 1. The summed E-state index contributed by atoms with van der Waals surface area (Å²) in [6.07, 6.45) is 0. The van der Waals surface area contributed by atoms with Crippen LogP contribution in [0.3, 0.4) is 0 Å². The second-order valence-electron chi connectivity index (χ2n) is 5.43. The van der Waals surface area contributed by atoms with Gasteiger partial charge in [-0.3, -0.25) is 9.36 Å².